The zero-order valence-corrected chi connectivity index (χ0v) is 70.3. The average Bonchev–Trinajstić information content (AvgIpc) is 1.61. The first-order valence-corrected chi connectivity index (χ1v) is 39.3. The van der Waals surface area contributed by atoms with Gasteiger partial charge in [-0.25, -0.2) is 0 Å². The molecule has 16 bridgehead atoms. The van der Waals surface area contributed by atoms with Crippen molar-refractivity contribution in [1.29, 1.82) is 0 Å². The molecule has 10 heterocycles. The molecular weight excluding hydrogens is 1940 g/mol. The minimum absolute atomic E-state index is 0. The maximum Gasteiger partial charge on any atom is 0.0769 e. The number of hydrogen-bond acceptors (Lipinski definition) is 0. The van der Waals surface area contributed by atoms with Crippen molar-refractivity contribution < 1.29 is 39.6 Å². The molecule has 9 nitrogen and oxygen atoms in total. The van der Waals surface area contributed by atoms with Crippen molar-refractivity contribution in [2.75, 3.05) is 0 Å². The molecule has 0 N–H and O–H groups in total. The Morgan fingerprint density at radius 3 is 0.280 bits per heavy atom. The van der Waals surface area contributed by atoms with Gasteiger partial charge in [-0.15, -0.1) is 0 Å². The van der Waals surface area contributed by atoms with Gasteiger partial charge in [-0.3, -0.25) is 0 Å². The Kier molecular flexibility index (Phi) is 23.0. The summed E-state index contributed by atoms with van der Waals surface area (Å²) in [6, 6.07) is 100.0. The van der Waals surface area contributed by atoms with Crippen molar-refractivity contribution in [2.45, 2.75) is 0 Å². The van der Waals surface area contributed by atoms with Crippen molar-refractivity contribution in [3.05, 3.63) is 510 Å². The van der Waals surface area contributed by atoms with Gasteiger partial charge in [-0.2, -0.15) is 0 Å². The fourth-order valence-electron chi connectivity index (χ4n) is 13.5. The van der Waals surface area contributed by atoms with Crippen LogP contribution >= 0.6 is 127 Å². The van der Waals surface area contributed by atoms with Crippen molar-refractivity contribution in [3.8, 4) is 0 Å². The molecule has 0 saturated carbocycles. The second-order valence-electron chi connectivity index (χ2n) is 24.8. The summed E-state index contributed by atoms with van der Waals surface area (Å²) in [5.41, 5.74) is 21.4. The summed E-state index contributed by atoms with van der Waals surface area (Å²) in [5, 5.41) is 0. The second kappa shape index (κ2) is 32.5. The van der Waals surface area contributed by atoms with Gasteiger partial charge in [-0.05, 0) is 316 Å². The summed E-state index contributed by atoms with van der Waals surface area (Å²) >= 11 is 29.0. The van der Waals surface area contributed by atoms with Crippen molar-refractivity contribution in [2.24, 2.45) is 0 Å². The van der Waals surface area contributed by atoms with E-state index in [0.29, 0.717) is 0 Å². The molecule has 2 aliphatic rings. The monoisotopic (exact) mass is 1980 g/mol. The van der Waals surface area contributed by atoms with E-state index in [0.717, 1.165) is 219 Å². The van der Waals surface area contributed by atoms with Gasteiger partial charge >= 0.3 is 0 Å². The van der Waals surface area contributed by atoms with E-state index in [2.05, 4.69) is 419 Å². The summed E-state index contributed by atoms with van der Waals surface area (Å²) in [6.07, 6.45) is 0. The summed E-state index contributed by atoms with van der Waals surface area (Å²) < 4.78 is 8.03. The molecule has 520 valence electrons. The van der Waals surface area contributed by atoms with E-state index in [1.165, 1.54) is 0 Å². The molecular formula is C88H48Br8Fe2N8O-2. The first-order chi connectivity index (χ1) is 50.7. The normalized spacial score (nSPS) is 12.5. The maximum absolute atomic E-state index is 5.34. The number of halogens is 8. The molecule has 16 aromatic rings. The predicted molar refractivity (Wildman–Crippen MR) is 436 cm³/mol. The van der Waals surface area contributed by atoms with Crippen LogP contribution < -0.4 is 39.9 Å². The number of benzene rings is 8. The zero-order valence-electron chi connectivity index (χ0n) is 55.4. The van der Waals surface area contributed by atoms with E-state index in [4.69, 9.17) is 39.9 Å². The third-order valence-corrected chi connectivity index (χ3v) is 22.5. The smallest absolute Gasteiger partial charge is 0.0769 e. The predicted octanol–water partition coefficient (Wildman–Crippen LogP) is 21.8. The van der Waals surface area contributed by atoms with Gasteiger partial charge in [0.25, 0.3) is 0 Å². The van der Waals surface area contributed by atoms with Crippen LogP contribution in [0.4, 0.5) is 0 Å². The summed E-state index contributed by atoms with van der Waals surface area (Å²) in [7, 11) is 0. The van der Waals surface area contributed by atoms with Crippen molar-refractivity contribution in [1.82, 2.24) is 39.9 Å². The number of nitrogens with zero attached hydrogens (tertiary/aromatic N) is 8. The molecule has 0 unspecified atom stereocenters. The van der Waals surface area contributed by atoms with Crippen molar-refractivity contribution in [3.63, 3.8) is 0 Å². The standard InChI is InChI=1S/2C44H24Br4N4.2Fe.O/c2*45-29-9-1-25(2-10-29)41-33-17-19-35(49-33)42(26-3-11-30(46)12-4-26)37-21-23-39(51-37)44(28-7-15-32(48)16-8-28)40-24-22-38(52-40)43(36-20-18-34(41)50-36)27-5-13-31(47)14-6-27;;;/h2*1-24H;;;/q;;;;-2. The fourth-order valence-corrected chi connectivity index (χ4v) is 15.6. The van der Waals surface area contributed by atoms with Crippen LogP contribution in [-0.4, -0.2) is 0 Å². The molecule has 0 aliphatic carbocycles. The van der Waals surface area contributed by atoms with E-state index in [9.17, 15) is 0 Å². The molecule has 8 aromatic carbocycles. The Bertz CT molecular complexity index is 4460. The summed E-state index contributed by atoms with van der Waals surface area (Å²) in [6.45, 7) is 0. The third-order valence-electron chi connectivity index (χ3n) is 18.3. The Balaban J connectivity index is 0.000000175. The van der Waals surface area contributed by atoms with Crippen LogP contribution in [0.3, 0.4) is 0 Å². The Morgan fingerprint density at radius 1 is 0.131 bits per heavy atom. The Labute approximate surface area is 708 Å². The van der Waals surface area contributed by atoms with E-state index in [1.54, 1.807) is 0 Å². The molecule has 0 saturated heterocycles. The Hall–Kier alpha value is -8.20. The molecule has 19 heteroatoms. The topological polar surface area (TPSA) is 141 Å². The molecule has 0 radical (unpaired) electrons. The molecule has 2 aliphatic heterocycles. The minimum atomic E-state index is 0. The van der Waals surface area contributed by atoms with Gasteiger partial charge in [0.05, 0.1) is 44.5 Å². The molecule has 0 fully saturated rings. The minimum Gasteiger partial charge on any atom is -2.00 e. The van der Waals surface area contributed by atoms with E-state index >= 15 is 0 Å². The van der Waals surface area contributed by atoms with E-state index in [-0.39, 0.29) is 39.6 Å². The SMILES string of the molecule is Brc1ccc([C+]2c3ccc([n-]3)[C+](c3ccc(Br)cc3)c3ccc([n-]3)[C+](c3ccc(Br)cc3)c3ccc([n-]3)[C+](c3ccc(Br)cc3)c3ccc2[n-]3)cc1.Brc1ccc([C+]2c3ccc([n-]3)[C+](c3ccc(Br)cc3)c3ccc([n-]3)[C+](c3ccc(Br)cc3)c3ccc([n-]3)[C+](c3ccc(Br)cc3)c3ccc2[n-]3)cc1.[Fe].[Fe].[O-2]. The van der Waals surface area contributed by atoms with Gasteiger partial charge in [-0.1, -0.05) is 0 Å². The van der Waals surface area contributed by atoms with Gasteiger partial charge < -0.3 is 45.3 Å². The van der Waals surface area contributed by atoms with Crippen molar-refractivity contribution >= 4 is 127 Å². The van der Waals surface area contributed by atoms with Crippen LogP contribution in [0.25, 0.3) is 0 Å². The van der Waals surface area contributed by atoms with E-state index < -0.39 is 0 Å². The van der Waals surface area contributed by atoms with Crippen LogP contribution in [-0.2, 0) is 39.6 Å². The van der Waals surface area contributed by atoms with Crippen LogP contribution in [0.5, 0.6) is 0 Å². The van der Waals surface area contributed by atoms with Crippen LogP contribution in [0.1, 0.15) is 136 Å². The number of rotatable bonds is 8. The van der Waals surface area contributed by atoms with Gasteiger partial charge in [0, 0.05) is 311 Å². The zero-order chi connectivity index (χ0) is 70.7. The molecule has 0 spiro atoms. The molecule has 18 rings (SSSR count). The second-order valence-corrected chi connectivity index (χ2v) is 32.1. The fraction of sp³-hybridized carbons (Fsp3) is 0. The van der Waals surface area contributed by atoms with Gasteiger partial charge in [0.15, 0.2) is 0 Å². The first-order valence-electron chi connectivity index (χ1n) is 32.9. The maximum atomic E-state index is 5.34. The van der Waals surface area contributed by atoms with Crippen LogP contribution in [0.2, 0.25) is 0 Å². The first kappa shape index (κ1) is 75.6. The Morgan fingerprint density at radius 2 is 0.206 bits per heavy atom. The summed E-state index contributed by atoms with van der Waals surface area (Å²) in [4.78, 5) is 42.7. The quantitative estimate of drug-likeness (QED) is 0.108. The average molecular weight is 1980 g/mol. The molecule has 0 amide bonds. The van der Waals surface area contributed by atoms with Gasteiger partial charge in [0.1, 0.15) is 0 Å². The van der Waals surface area contributed by atoms with Gasteiger partial charge in [0.2, 0.25) is 0 Å². The van der Waals surface area contributed by atoms with Crippen LogP contribution in [0, 0.1) is 47.3 Å². The largest absolute Gasteiger partial charge is 2.00 e. The number of fused-ring (bicyclic) bond motifs is 16. The third kappa shape index (κ3) is 15.6. The number of aromatic nitrogens is 8. The molecule has 0 atom stereocenters. The van der Waals surface area contributed by atoms with Crippen LogP contribution in [0.15, 0.2) is 327 Å². The van der Waals surface area contributed by atoms with E-state index in [1.807, 2.05) is 0 Å². The summed E-state index contributed by atoms with van der Waals surface area (Å²) in [5.74, 6) is 7.56. The number of hydrogen-bond donors (Lipinski definition) is 0. The molecule has 8 aromatic heterocycles. The molecule has 107 heavy (non-hydrogen) atoms.